The molecule has 2 rings (SSSR count). The molecule has 0 aromatic heterocycles. The summed E-state index contributed by atoms with van der Waals surface area (Å²) in [4.78, 5) is 0. The van der Waals surface area contributed by atoms with E-state index in [-0.39, 0.29) is 0 Å². The van der Waals surface area contributed by atoms with Crippen LogP contribution in [0.5, 0.6) is 0 Å². The van der Waals surface area contributed by atoms with Crippen molar-refractivity contribution < 1.29 is 4.74 Å². The molecule has 0 radical (unpaired) electrons. The van der Waals surface area contributed by atoms with Crippen LogP contribution in [0.1, 0.15) is 39.5 Å². The Morgan fingerprint density at radius 2 is 1.94 bits per heavy atom. The fraction of sp³-hybridized carbons (Fsp3) is 1.00. The maximum absolute atomic E-state index is 5.66. The molecule has 0 aromatic carbocycles. The number of nitrogens with one attached hydrogen (secondary N) is 1. The summed E-state index contributed by atoms with van der Waals surface area (Å²) in [7, 11) is 2.11. The van der Waals surface area contributed by atoms with Gasteiger partial charge in [0.25, 0.3) is 0 Å². The van der Waals surface area contributed by atoms with Gasteiger partial charge in [-0.15, -0.1) is 0 Å². The highest BCUT2D eigenvalue weighted by Crippen LogP contribution is 2.38. The molecular formula is C13H25NOS. The van der Waals surface area contributed by atoms with E-state index >= 15 is 0 Å². The average molecular weight is 243 g/mol. The van der Waals surface area contributed by atoms with Crippen LogP contribution in [0.2, 0.25) is 0 Å². The SMILES string of the molecule is CNC1CCC(C)CC1SC1CCOC1C. The lowest BCUT2D eigenvalue weighted by Gasteiger charge is -2.36. The Morgan fingerprint density at radius 3 is 2.56 bits per heavy atom. The van der Waals surface area contributed by atoms with Gasteiger partial charge in [0.05, 0.1) is 6.10 Å². The van der Waals surface area contributed by atoms with Crippen LogP contribution in [0.15, 0.2) is 0 Å². The van der Waals surface area contributed by atoms with Gasteiger partial charge in [-0.1, -0.05) is 6.92 Å². The normalized spacial score (nSPS) is 44.8. The molecule has 0 spiro atoms. The maximum Gasteiger partial charge on any atom is 0.0666 e. The van der Waals surface area contributed by atoms with Crippen molar-refractivity contribution >= 4 is 11.8 Å². The minimum atomic E-state index is 0.458. The second-order valence-corrected chi connectivity index (χ2v) is 6.87. The summed E-state index contributed by atoms with van der Waals surface area (Å²) in [6.45, 7) is 5.59. The van der Waals surface area contributed by atoms with Crippen molar-refractivity contribution in [1.29, 1.82) is 0 Å². The lowest BCUT2D eigenvalue weighted by molar-refractivity contribution is 0.127. The second kappa shape index (κ2) is 5.74. The summed E-state index contributed by atoms with van der Waals surface area (Å²) in [6.07, 6.45) is 5.81. The molecule has 1 N–H and O–H groups in total. The lowest BCUT2D eigenvalue weighted by Crippen LogP contribution is -2.41. The van der Waals surface area contributed by atoms with Crippen molar-refractivity contribution in [2.75, 3.05) is 13.7 Å². The zero-order valence-corrected chi connectivity index (χ0v) is 11.6. The molecule has 94 valence electrons. The topological polar surface area (TPSA) is 21.3 Å². The fourth-order valence-electron chi connectivity index (χ4n) is 2.92. The molecule has 2 nitrogen and oxygen atoms in total. The standard InChI is InChI=1S/C13H25NOS/c1-9-4-5-11(14-3)13(8-9)16-12-6-7-15-10(12)2/h9-14H,4-8H2,1-3H3. The van der Waals surface area contributed by atoms with Gasteiger partial charge < -0.3 is 10.1 Å². The third kappa shape index (κ3) is 2.93. The van der Waals surface area contributed by atoms with Crippen molar-refractivity contribution in [2.24, 2.45) is 5.92 Å². The quantitative estimate of drug-likeness (QED) is 0.823. The molecule has 3 heteroatoms. The van der Waals surface area contributed by atoms with Crippen LogP contribution < -0.4 is 5.32 Å². The van der Waals surface area contributed by atoms with Crippen LogP contribution in [0.25, 0.3) is 0 Å². The first kappa shape index (κ1) is 12.7. The second-order valence-electron chi connectivity index (χ2n) is 5.39. The third-order valence-corrected chi connectivity index (χ3v) is 5.92. The number of hydrogen-bond acceptors (Lipinski definition) is 3. The lowest BCUT2D eigenvalue weighted by atomic mass is 9.87. The van der Waals surface area contributed by atoms with Crippen LogP contribution in [0.4, 0.5) is 0 Å². The summed E-state index contributed by atoms with van der Waals surface area (Å²) >= 11 is 2.19. The fourth-order valence-corrected chi connectivity index (χ4v) is 4.81. The zero-order chi connectivity index (χ0) is 11.5. The highest BCUT2D eigenvalue weighted by atomic mass is 32.2. The van der Waals surface area contributed by atoms with E-state index in [0.717, 1.165) is 23.0 Å². The number of thioether (sulfide) groups is 1. The highest BCUT2D eigenvalue weighted by Gasteiger charge is 2.33. The molecule has 1 heterocycles. The predicted molar refractivity (Wildman–Crippen MR) is 71.1 cm³/mol. The molecule has 1 aliphatic carbocycles. The first-order valence-corrected chi connectivity index (χ1v) is 7.59. The summed E-state index contributed by atoms with van der Waals surface area (Å²) < 4.78 is 5.66. The molecule has 16 heavy (non-hydrogen) atoms. The number of ether oxygens (including phenoxy) is 1. The van der Waals surface area contributed by atoms with E-state index in [1.165, 1.54) is 25.7 Å². The van der Waals surface area contributed by atoms with Gasteiger partial charge in [0.2, 0.25) is 0 Å². The van der Waals surface area contributed by atoms with Crippen LogP contribution in [0.3, 0.4) is 0 Å². The Balaban J connectivity index is 1.89. The smallest absolute Gasteiger partial charge is 0.0666 e. The Kier molecular flexibility index (Phi) is 4.57. The molecule has 1 saturated carbocycles. The Bertz CT molecular complexity index is 224. The predicted octanol–water partition coefficient (Wildman–Crippen LogP) is 2.67. The maximum atomic E-state index is 5.66. The van der Waals surface area contributed by atoms with E-state index in [9.17, 15) is 0 Å². The molecule has 2 aliphatic rings. The van der Waals surface area contributed by atoms with E-state index in [1.807, 2.05) is 0 Å². The summed E-state index contributed by atoms with van der Waals surface area (Å²) in [5, 5.41) is 5.02. The van der Waals surface area contributed by atoms with Crippen molar-refractivity contribution in [3.63, 3.8) is 0 Å². The van der Waals surface area contributed by atoms with Gasteiger partial charge in [-0.3, -0.25) is 0 Å². The third-order valence-electron chi connectivity index (χ3n) is 4.08. The molecule has 1 saturated heterocycles. The first-order chi connectivity index (χ1) is 7.70. The van der Waals surface area contributed by atoms with E-state index in [2.05, 4.69) is 38.0 Å². The molecule has 0 aromatic rings. The molecular weight excluding hydrogens is 218 g/mol. The molecule has 0 bridgehead atoms. The Morgan fingerprint density at radius 1 is 1.12 bits per heavy atom. The summed E-state index contributed by atoms with van der Waals surface area (Å²) in [6, 6.07) is 0.717. The van der Waals surface area contributed by atoms with Crippen molar-refractivity contribution in [2.45, 2.75) is 62.2 Å². The van der Waals surface area contributed by atoms with Crippen molar-refractivity contribution in [1.82, 2.24) is 5.32 Å². The minimum Gasteiger partial charge on any atom is -0.377 e. The Labute approximate surface area is 104 Å². The average Bonchev–Trinajstić information content (AvgIpc) is 2.65. The van der Waals surface area contributed by atoms with Gasteiger partial charge >= 0.3 is 0 Å². The van der Waals surface area contributed by atoms with E-state index in [0.29, 0.717) is 12.1 Å². The zero-order valence-electron chi connectivity index (χ0n) is 10.7. The van der Waals surface area contributed by atoms with Crippen molar-refractivity contribution in [3.8, 4) is 0 Å². The van der Waals surface area contributed by atoms with Gasteiger partial charge in [-0.05, 0) is 45.6 Å². The highest BCUT2D eigenvalue weighted by molar-refractivity contribution is 8.00. The van der Waals surface area contributed by atoms with E-state index in [4.69, 9.17) is 4.74 Å². The minimum absolute atomic E-state index is 0.458. The van der Waals surface area contributed by atoms with Crippen LogP contribution in [0, 0.1) is 5.92 Å². The number of rotatable bonds is 3. The Hall–Kier alpha value is 0.270. The van der Waals surface area contributed by atoms with E-state index in [1.54, 1.807) is 0 Å². The largest absolute Gasteiger partial charge is 0.377 e. The van der Waals surface area contributed by atoms with Crippen LogP contribution in [-0.4, -0.2) is 36.3 Å². The monoisotopic (exact) mass is 243 g/mol. The van der Waals surface area contributed by atoms with Gasteiger partial charge in [0.1, 0.15) is 0 Å². The van der Waals surface area contributed by atoms with E-state index < -0.39 is 0 Å². The van der Waals surface area contributed by atoms with Crippen LogP contribution in [-0.2, 0) is 4.74 Å². The summed E-state index contributed by atoms with van der Waals surface area (Å²) in [5.41, 5.74) is 0. The molecule has 0 amide bonds. The van der Waals surface area contributed by atoms with Gasteiger partial charge in [-0.25, -0.2) is 0 Å². The summed E-state index contributed by atoms with van der Waals surface area (Å²) in [5.74, 6) is 0.903. The van der Waals surface area contributed by atoms with Gasteiger partial charge in [-0.2, -0.15) is 11.8 Å². The first-order valence-electron chi connectivity index (χ1n) is 6.65. The molecule has 2 fully saturated rings. The number of hydrogen-bond donors (Lipinski definition) is 1. The van der Waals surface area contributed by atoms with Gasteiger partial charge in [0, 0.05) is 23.1 Å². The molecule has 5 atom stereocenters. The van der Waals surface area contributed by atoms with Gasteiger partial charge in [0.15, 0.2) is 0 Å². The van der Waals surface area contributed by atoms with Crippen molar-refractivity contribution in [3.05, 3.63) is 0 Å². The molecule has 1 aliphatic heterocycles. The van der Waals surface area contributed by atoms with Crippen LogP contribution >= 0.6 is 11.8 Å². The molecule has 5 unspecified atom stereocenters.